The third-order valence-electron chi connectivity index (χ3n) is 2.92. The summed E-state index contributed by atoms with van der Waals surface area (Å²) >= 11 is 0. The number of oxazole rings is 1. The van der Waals surface area contributed by atoms with Crippen LogP contribution in [0.1, 0.15) is 18.7 Å². The van der Waals surface area contributed by atoms with E-state index in [-0.39, 0.29) is 0 Å². The molecule has 1 aromatic heterocycles. The second-order valence-corrected chi connectivity index (χ2v) is 4.01. The monoisotopic (exact) mass is 200 g/mol. The molecule has 0 radical (unpaired) electrons. The lowest BCUT2D eigenvalue weighted by Gasteiger charge is -2.00. The SMILES string of the molecule is c1ccc(-c2c[n+]3c(o2)CCCC3)cc1. The first-order valence-electron chi connectivity index (χ1n) is 5.51. The van der Waals surface area contributed by atoms with Crippen LogP contribution >= 0.6 is 0 Å². The van der Waals surface area contributed by atoms with Gasteiger partial charge in [0.2, 0.25) is 12.0 Å². The van der Waals surface area contributed by atoms with Crippen molar-refractivity contribution in [2.24, 2.45) is 0 Å². The molecule has 1 aliphatic rings. The van der Waals surface area contributed by atoms with Crippen LogP contribution in [0.4, 0.5) is 0 Å². The van der Waals surface area contributed by atoms with Gasteiger partial charge < -0.3 is 4.42 Å². The molecule has 2 heteroatoms. The van der Waals surface area contributed by atoms with Crippen molar-refractivity contribution in [3.8, 4) is 11.3 Å². The van der Waals surface area contributed by atoms with Crippen molar-refractivity contribution in [1.29, 1.82) is 0 Å². The second kappa shape index (κ2) is 3.54. The number of benzene rings is 1. The molecule has 0 fully saturated rings. The van der Waals surface area contributed by atoms with Crippen molar-refractivity contribution < 1.29 is 8.98 Å². The Morgan fingerprint density at radius 2 is 1.93 bits per heavy atom. The molecular formula is C13H14NO+. The Balaban J connectivity index is 2.03. The summed E-state index contributed by atoms with van der Waals surface area (Å²) in [5.74, 6) is 2.12. The fourth-order valence-corrected chi connectivity index (χ4v) is 2.10. The summed E-state index contributed by atoms with van der Waals surface area (Å²) in [6.45, 7) is 1.10. The molecule has 0 aliphatic carbocycles. The zero-order valence-corrected chi connectivity index (χ0v) is 8.65. The molecule has 0 N–H and O–H groups in total. The summed E-state index contributed by atoms with van der Waals surface area (Å²) in [5, 5.41) is 0. The van der Waals surface area contributed by atoms with Gasteiger partial charge in [0, 0.05) is 12.0 Å². The molecule has 76 valence electrons. The third kappa shape index (κ3) is 1.56. The van der Waals surface area contributed by atoms with E-state index < -0.39 is 0 Å². The van der Waals surface area contributed by atoms with Crippen molar-refractivity contribution in [2.75, 3.05) is 0 Å². The maximum absolute atomic E-state index is 5.86. The van der Waals surface area contributed by atoms with Crippen LogP contribution in [0, 0.1) is 0 Å². The summed E-state index contributed by atoms with van der Waals surface area (Å²) < 4.78 is 8.10. The maximum Gasteiger partial charge on any atom is 0.347 e. The standard InChI is InChI=1S/C13H14NO/c1-2-6-11(7-3-1)12-10-14-9-5-4-8-13(14)15-12/h1-3,6-7,10H,4-5,8-9H2/q+1. The predicted octanol–water partition coefficient (Wildman–Crippen LogP) is 2.57. The molecule has 0 atom stereocenters. The molecule has 0 spiro atoms. The number of hydrogen-bond acceptors (Lipinski definition) is 1. The summed E-state index contributed by atoms with van der Waals surface area (Å²) in [4.78, 5) is 0. The Kier molecular flexibility index (Phi) is 2.05. The molecule has 0 amide bonds. The average Bonchev–Trinajstić information content (AvgIpc) is 2.74. The highest BCUT2D eigenvalue weighted by molar-refractivity contribution is 5.54. The van der Waals surface area contributed by atoms with Crippen LogP contribution in [-0.4, -0.2) is 0 Å². The van der Waals surface area contributed by atoms with Gasteiger partial charge in [-0.2, -0.15) is 4.57 Å². The Hall–Kier alpha value is -1.57. The number of rotatable bonds is 1. The quantitative estimate of drug-likeness (QED) is 0.646. The summed E-state index contributed by atoms with van der Waals surface area (Å²) in [5.41, 5.74) is 1.17. The van der Waals surface area contributed by atoms with Gasteiger partial charge in [0.15, 0.2) is 6.54 Å². The van der Waals surface area contributed by atoms with Crippen molar-refractivity contribution in [3.63, 3.8) is 0 Å². The fraction of sp³-hybridized carbons (Fsp3) is 0.308. The molecule has 15 heavy (non-hydrogen) atoms. The van der Waals surface area contributed by atoms with E-state index in [1.807, 2.05) is 18.2 Å². The van der Waals surface area contributed by atoms with Gasteiger partial charge in [0.1, 0.15) is 0 Å². The first-order chi connectivity index (χ1) is 7.43. The zero-order valence-electron chi connectivity index (χ0n) is 8.65. The molecule has 2 nitrogen and oxygen atoms in total. The zero-order chi connectivity index (χ0) is 10.1. The van der Waals surface area contributed by atoms with Crippen LogP contribution in [0.5, 0.6) is 0 Å². The van der Waals surface area contributed by atoms with Crippen molar-refractivity contribution in [3.05, 3.63) is 42.4 Å². The normalized spacial score (nSPS) is 14.9. The van der Waals surface area contributed by atoms with Crippen molar-refractivity contribution in [1.82, 2.24) is 0 Å². The van der Waals surface area contributed by atoms with Crippen LogP contribution in [0.25, 0.3) is 11.3 Å². The summed E-state index contributed by atoms with van der Waals surface area (Å²) in [7, 11) is 0. The summed E-state index contributed by atoms with van der Waals surface area (Å²) in [6.07, 6.45) is 5.73. The Labute approximate surface area is 89.2 Å². The highest BCUT2D eigenvalue weighted by Gasteiger charge is 2.23. The van der Waals surface area contributed by atoms with Crippen LogP contribution in [-0.2, 0) is 13.0 Å². The number of aromatic nitrogens is 1. The van der Waals surface area contributed by atoms with Gasteiger partial charge in [-0.1, -0.05) is 30.3 Å². The minimum absolute atomic E-state index is 0.993. The average molecular weight is 200 g/mol. The largest absolute Gasteiger partial charge is 0.401 e. The third-order valence-corrected chi connectivity index (χ3v) is 2.92. The molecular weight excluding hydrogens is 186 g/mol. The lowest BCUT2D eigenvalue weighted by Crippen LogP contribution is -2.38. The first-order valence-corrected chi connectivity index (χ1v) is 5.51. The molecule has 0 unspecified atom stereocenters. The van der Waals surface area contributed by atoms with Gasteiger partial charge in [-0.25, -0.2) is 0 Å². The minimum Gasteiger partial charge on any atom is -0.401 e. The van der Waals surface area contributed by atoms with Gasteiger partial charge in [0.25, 0.3) is 0 Å². The van der Waals surface area contributed by atoms with E-state index in [1.54, 1.807) is 0 Å². The molecule has 3 rings (SSSR count). The van der Waals surface area contributed by atoms with E-state index in [9.17, 15) is 0 Å². The number of hydrogen-bond donors (Lipinski definition) is 0. The number of aryl methyl sites for hydroxylation is 2. The van der Waals surface area contributed by atoms with E-state index in [4.69, 9.17) is 4.42 Å². The Morgan fingerprint density at radius 1 is 1.07 bits per heavy atom. The van der Waals surface area contributed by atoms with Gasteiger partial charge in [-0.15, -0.1) is 0 Å². The topological polar surface area (TPSA) is 17.0 Å². The molecule has 0 saturated heterocycles. The first kappa shape index (κ1) is 8.72. The lowest BCUT2D eigenvalue weighted by atomic mass is 10.2. The van der Waals surface area contributed by atoms with E-state index in [2.05, 4.69) is 22.9 Å². The molecule has 1 aromatic carbocycles. The van der Waals surface area contributed by atoms with Gasteiger partial charge >= 0.3 is 5.89 Å². The van der Waals surface area contributed by atoms with E-state index in [0.717, 1.165) is 24.6 Å². The van der Waals surface area contributed by atoms with Gasteiger partial charge in [-0.3, -0.25) is 0 Å². The molecule has 0 saturated carbocycles. The highest BCUT2D eigenvalue weighted by Crippen LogP contribution is 2.21. The Morgan fingerprint density at radius 3 is 2.73 bits per heavy atom. The fourth-order valence-electron chi connectivity index (χ4n) is 2.10. The number of fused-ring (bicyclic) bond motifs is 1. The van der Waals surface area contributed by atoms with Crippen LogP contribution < -0.4 is 4.57 Å². The molecule has 2 heterocycles. The predicted molar refractivity (Wildman–Crippen MR) is 57.3 cm³/mol. The summed E-state index contributed by atoms with van der Waals surface area (Å²) in [6, 6.07) is 10.3. The Bertz CT molecular complexity index is 435. The lowest BCUT2D eigenvalue weighted by molar-refractivity contribution is -0.712. The van der Waals surface area contributed by atoms with E-state index in [1.165, 1.54) is 18.4 Å². The van der Waals surface area contributed by atoms with Crippen LogP contribution in [0.2, 0.25) is 0 Å². The maximum atomic E-state index is 5.86. The highest BCUT2D eigenvalue weighted by atomic mass is 16.4. The minimum atomic E-state index is 0.993. The van der Waals surface area contributed by atoms with E-state index >= 15 is 0 Å². The van der Waals surface area contributed by atoms with Crippen molar-refractivity contribution in [2.45, 2.75) is 25.8 Å². The van der Waals surface area contributed by atoms with Crippen molar-refractivity contribution >= 4 is 0 Å². The van der Waals surface area contributed by atoms with Gasteiger partial charge in [0.05, 0.1) is 6.42 Å². The molecule has 1 aliphatic heterocycles. The molecule has 2 aromatic rings. The number of nitrogens with zero attached hydrogens (tertiary/aromatic N) is 1. The van der Waals surface area contributed by atoms with Crippen LogP contribution in [0.3, 0.4) is 0 Å². The van der Waals surface area contributed by atoms with Crippen LogP contribution in [0.15, 0.2) is 40.9 Å². The van der Waals surface area contributed by atoms with Gasteiger partial charge in [-0.05, 0) is 6.42 Å². The smallest absolute Gasteiger partial charge is 0.347 e. The second-order valence-electron chi connectivity index (χ2n) is 4.01. The molecule has 0 bridgehead atoms. The van der Waals surface area contributed by atoms with E-state index in [0.29, 0.717) is 0 Å².